The zero-order valence-corrected chi connectivity index (χ0v) is 11.9. The van der Waals surface area contributed by atoms with Gasteiger partial charge < -0.3 is 5.73 Å². The third-order valence-corrected chi connectivity index (χ3v) is 5.41. The maximum atomic E-state index is 6.42. The summed E-state index contributed by atoms with van der Waals surface area (Å²) in [6.07, 6.45) is 3.50. The first kappa shape index (κ1) is 13.0. The molecule has 96 valence electrons. The molecular weight excluding hydrogens is 230 g/mol. The van der Waals surface area contributed by atoms with Crippen molar-refractivity contribution >= 4 is 11.8 Å². The largest absolute Gasteiger partial charge is 0.326 e. The van der Waals surface area contributed by atoms with Crippen LogP contribution in [0.2, 0.25) is 0 Å². The van der Waals surface area contributed by atoms with Gasteiger partial charge in [-0.3, -0.25) is 4.68 Å². The van der Waals surface area contributed by atoms with E-state index in [0.717, 1.165) is 18.7 Å². The minimum absolute atomic E-state index is 0.233. The molecule has 0 amide bonds. The highest BCUT2D eigenvalue weighted by Gasteiger charge is 2.36. The van der Waals surface area contributed by atoms with Gasteiger partial charge in [-0.05, 0) is 45.4 Å². The number of hydrogen-bond donors (Lipinski definition) is 1. The highest BCUT2D eigenvalue weighted by Crippen LogP contribution is 2.40. The summed E-state index contributed by atoms with van der Waals surface area (Å²) in [6.45, 7) is 7.43. The van der Waals surface area contributed by atoms with Crippen molar-refractivity contribution in [2.24, 2.45) is 5.73 Å². The summed E-state index contributed by atoms with van der Waals surface area (Å²) in [5, 5.41) is 4.49. The third kappa shape index (κ3) is 2.68. The van der Waals surface area contributed by atoms with E-state index in [2.05, 4.69) is 29.7 Å². The van der Waals surface area contributed by atoms with Crippen LogP contribution in [-0.4, -0.2) is 26.3 Å². The van der Waals surface area contributed by atoms with Crippen LogP contribution in [0.3, 0.4) is 0 Å². The van der Waals surface area contributed by atoms with E-state index in [-0.39, 0.29) is 10.8 Å². The Labute approximate surface area is 108 Å². The number of rotatable bonds is 4. The standard InChI is InChI=1S/C13H23N3S/c1-4-16-11(8-10(2)15-16)9-12(14)13(3)6-5-7-17-13/h8,12H,4-7,9,14H2,1-3H3. The predicted molar refractivity (Wildman–Crippen MR) is 74.4 cm³/mol. The van der Waals surface area contributed by atoms with Gasteiger partial charge in [-0.25, -0.2) is 0 Å². The quantitative estimate of drug-likeness (QED) is 0.896. The van der Waals surface area contributed by atoms with Crippen molar-refractivity contribution in [1.82, 2.24) is 9.78 Å². The molecule has 2 atom stereocenters. The Morgan fingerprint density at radius 2 is 2.41 bits per heavy atom. The van der Waals surface area contributed by atoms with Gasteiger partial charge in [-0.2, -0.15) is 16.9 Å². The minimum Gasteiger partial charge on any atom is -0.326 e. The van der Waals surface area contributed by atoms with Crippen LogP contribution in [0.1, 0.15) is 38.1 Å². The summed E-state index contributed by atoms with van der Waals surface area (Å²) < 4.78 is 2.34. The zero-order chi connectivity index (χ0) is 12.5. The zero-order valence-electron chi connectivity index (χ0n) is 11.1. The van der Waals surface area contributed by atoms with Crippen LogP contribution in [0.25, 0.3) is 0 Å². The molecule has 17 heavy (non-hydrogen) atoms. The van der Waals surface area contributed by atoms with Crippen LogP contribution >= 0.6 is 11.8 Å². The van der Waals surface area contributed by atoms with Crippen molar-refractivity contribution < 1.29 is 0 Å². The lowest BCUT2D eigenvalue weighted by Gasteiger charge is -2.30. The van der Waals surface area contributed by atoms with Gasteiger partial charge in [0, 0.05) is 29.4 Å². The first-order chi connectivity index (χ1) is 8.05. The molecule has 2 rings (SSSR count). The molecule has 0 saturated carbocycles. The molecule has 0 bridgehead atoms. The Balaban J connectivity index is 2.09. The Hall–Kier alpha value is -0.480. The lowest BCUT2D eigenvalue weighted by Crippen LogP contribution is -2.43. The lowest BCUT2D eigenvalue weighted by atomic mass is 9.93. The van der Waals surface area contributed by atoms with Gasteiger partial charge >= 0.3 is 0 Å². The molecule has 0 aromatic carbocycles. The van der Waals surface area contributed by atoms with Crippen LogP contribution in [0.15, 0.2) is 6.07 Å². The van der Waals surface area contributed by atoms with Crippen molar-refractivity contribution in [3.8, 4) is 0 Å². The molecule has 1 saturated heterocycles. The second kappa shape index (κ2) is 5.02. The molecule has 1 aromatic rings. The van der Waals surface area contributed by atoms with E-state index in [1.165, 1.54) is 24.3 Å². The summed E-state index contributed by atoms with van der Waals surface area (Å²) in [6, 6.07) is 2.41. The average Bonchev–Trinajstić information content (AvgIpc) is 2.86. The number of nitrogens with zero attached hydrogens (tertiary/aromatic N) is 2. The molecule has 1 aliphatic rings. The third-order valence-electron chi connectivity index (χ3n) is 3.75. The smallest absolute Gasteiger partial charge is 0.0596 e. The topological polar surface area (TPSA) is 43.8 Å². The van der Waals surface area contributed by atoms with Gasteiger partial charge in [-0.15, -0.1) is 0 Å². The second-order valence-corrected chi connectivity index (χ2v) is 6.80. The maximum Gasteiger partial charge on any atom is 0.0596 e. The Bertz CT molecular complexity index is 380. The fourth-order valence-corrected chi connectivity index (χ4v) is 3.91. The predicted octanol–water partition coefficient (Wildman–Crippen LogP) is 2.37. The van der Waals surface area contributed by atoms with Crippen LogP contribution in [-0.2, 0) is 13.0 Å². The van der Waals surface area contributed by atoms with E-state index in [9.17, 15) is 0 Å². The Kier molecular flexibility index (Phi) is 3.83. The lowest BCUT2D eigenvalue weighted by molar-refractivity contribution is 0.466. The van der Waals surface area contributed by atoms with Gasteiger partial charge in [0.05, 0.1) is 5.69 Å². The highest BCUT2D eigenvalue weighted by atomic mass is 32.2. The number of aromatic nitrogens is 2. The minimum atomic E-state index is 0.233. The summed E-state index contributed by atoms with van der Waals surface area (Å²) in [7, 11) is 0. The fraction of sp³-hybridized carbons (Fsp3) is 0.769. The van der Waals surface area contributed by atoms with E-state index in [0.29, 0.717) is 0 Å². The van der Waals surface area contributed by atoms with E-state index < -0.39 is 0 Å². The molecule has 2 heterocycles. The van der Waals surface area contributed by atoms with Crippen molar-refractivity contribution in [3.63, 3.8) is 0 Å². The normalized spacial score (nSPS) is 26.4. The van der Waals surface area contributed by atoms with Crippen molar-refractivity contribution in [2.45, 2.75) is 57.4 Å². The number of aryl methyl sites for hydroxylation is 2. The van der Waals surface area contributed by atoms with Gasteiger partial charge in [0.2, 0.25) is 0 Å². The van der Waals surface area contributed by atoms with Gasteiger partial charge in [-0.1, -0.05) is 0 Å². The molecule has 0 radical (unpaired) electrons. The molecule has 1 fully saturated rings. The van der Waals surface area contributed by atoms with Crippen molar-refractivity contribution in [1.29, 1.82) is 0 Å². The van der Waals surface area contributed by atoms with Crippen LogP contribution in [0, 0.1) is 6.92 Å². The number of hydrogen-bond acceptors (Lipinski definition) is 3. The summed E-state index contributed by atoms with van der Waals surface area (Å²) in [5.41, 5.74) is 8.80. The molecule has 0 aliphatic carbocycles. The molecular formula is C13H23N3S. The fourth-order valence-electron chi connectivity index (χ4n) is 2.57. The summed E-state index contributed by atoms with van der Waals surface area (Å²) in [4.78, 5) is 0. The second-order valence-electron chi connectivity index (χ2n) is 5.17. The van der Waals surface area contributed by atoms with Crippen molar-refractivity contribution in [2.75, 3.05) is 5.75 Å². The Morgan fingerprint density at radius 3 is 3.00 bits per heavy atom. The monoisotopic (exact) mass is 253 g/mol. The van der Waals surface area contributed by atoms with Crippen LogP contribution in [0.5, 0.6) is 0 Å². The average molecular weight is 253 g/mol. The molecule has 3 nitrogen and oxygen atoms in total. The molecule has 2 unspecified atom stereocenters. The first-order valence-electron chi connectivity index (χ1n) is 6.48. The molecule has 1 aromatic heterocycles. The summed E-state index contributed by atoms with van der Waals surface area (Å²) in [5.74, 6) is 1.26. The van der Waals surface area contributed by atoms with Gasteiger partial charge in [0.15, 0.2) is 0 Å². The van der Waals surface area contributed by atoms with E-state index >= 15 is 0 Å². The first-order valence-corrected chi connectivity index (χ1v) is 7.46. The molecule has 1 aliphatic heterocycles. The number of thioether (sulfide) groups is 1. The number of nitrogens with two attached hydrogens (primary N) is 1. The van der Waals surface area contributed by atoms with Crippen LogP contribution < -0.4 is 5.73 Å². The van der Waals surface area contributed by atoms with Crippen molar-refractivity contribution in [3.05, 3.63) is 17.5 Å². The summed E-state index contributed by atoms with van der Waals surface area (Å²) >= 11 is 2.04. The molecule has 4 heteroatoms. The Morgan fingerprint density at radius 1 is 1.65 bits per heavy atom. The van der Waals surface area contributed by atoms with Crippen LogP contribution in [0.4, 0.5) is 0 Å². The van der Waals surface area contributed by atoms with E-state index in [4.69, 9.17) is 5.73 Å². The molecule has 0 spiro atoms. The van der Waals surface area contributed by atoms with E-state index in [1.807, 2.05) is 18.7 Å². The highest BCUT2D eigenvalue weighted by molar-refractivity contribution is 8.00. The van der Waals surface area contributed by atoms with Gasteiger partial charge in [0.25, 0.3) is 0 Å². The van der Waals surface area contributed by atoms with E-state index in [1.54, 1.807) is 0 Å². The van der Waals surface area contributed by atoms with Gasteiger partial charge in [0.1, 0.15) is 0 Å². The molecule has 2 N–H and O–H groups in total. The SMILES string of the molecule is CCn1nc(C)cc1CC(N)C1(C)CCCS1. The maximum absolute atomic E-state index is 6.42.